The normalized spacial score (nSPS) is 11.3. The van der Waals surface area contributed by atoms with Crippen LogP contribution in [0.15, 0.2) is 30.5 Å². The van der Waals surface area contributed by atoms with Crippen LogP contribution in [-0.4, -0.2) is 11.5 Å². The lowest BCUT2D eigenvalue weighted by molar-refractivity contribution is -0.137. The molecule has 0 unspecified atom stereocenters. The molecule has 0 N–H and O–H groups in total. The number of alkyl halides is 3. The minimum Gasteiger partial charge on any atom is -0.460 e. The van der Waals surface area contributed by atoms with Crippen LogP contribution in [0.5, 0.6) is 0 Å². The van der Waals surface area contributed by atoms with Crippen molar-refractivity contribution in [3.05, 3.63) is 41.0 Å². The van der Waals surface area contributed by atoms with E-state index in [4.69, 9.17) is 0 Å². The highest BCUT2D eigenvalue weighted by atomic mass is 32.1. The number of nitrogens with zero attached hydrogens (tertiary/aromatic N) is 1. The molecule has 19 heavy (non-hydrogen) atoms. The molecule has 0 aliphatic carbocycles. The summed E-state index contributed by atoms with van der Waals surface area (Å²) in [6.45, 7) is 0.229. The van der Waals surface area contributed by atoms with Crippen LogP contribution in [0.2, 0.25) is 0 Å². The summed E-state index contributed by atoms with van der Waals surface area (Å²) in [6.07, 6.45) is -3.07. The van der Waals surface area contributed by atoms with Crippen LogP contribution in [0.3, 0.4) is 0 Å². The van der Waals surface area contributed by atoms with E-state index in [1.165, 1.54) is 24.4 Å². The fourth-order valence-electron chi connectivity index (χ4n) is 1.55. The van der Waals surface area contributed by atoms with Gasteiger partial charge in [-0.05, 0) is 6.07 Å². The van der Waals surface area contributed by atoms with Gasteiger partial charge in [0.05, 0.1) is 10.4 Å². The van der Waals surface area contributed by atoms with Gasteiger partial charge in [-0.2, -0.15) is 13.2 Å². The average molecular weight is 287 g/mol. The Bertz CT molecular complexity index is 580. The van der Waals surface area contributed by atoms with Gasteiger partial charge in [0, 0.05) is 11.8 Å². The van der Waals surface area contributed by atoms with E-state index in [2.05, 4.69) is 9.72 Å². The lowest BCUT2D eigenvalue weighted by Gasteiger charge is -2.10. The molecule has 1 aromatic heterocycles. The molecule has 0 spiro atoms. The fourth-order valence-corrected chi connectivity index (χ4v) is 2.43. The Hall–Kier alpha value is -1.89. The van der Waals surface area contributed by atoms with Crippen molar-refractivity contribution < 1.29 is 22.7 Å². The van der Waals surface area contributed by atoms with Crippen molar-refractivity contribution in [1.82, 2.24) is 4.98 Å². The van der Waals surface area contributed by atoms with Crippen molar-refractivity contribution >= 4 is 17.8 Å². The summed E-state index contributed by atoms with van der Waals surface area (Å²) >= 11 is 1.06. The predicted molar refractivity (Wildman–Crippen MR) is 63.4 cm³/mol. The second-order valence-electron chi connectivity index (χ2n) is 3.57. The number of hydrogen-bond acceptors (Lipinski definition) is 4. The summed E-state index contributed by atoms with van der Waals surface area (Å²) < 4.78 is 43.1. The first-order valence-electron chi connectivity index (χ1n) is 5.19. The quantitative estimate of drug-likeness (QED) is 0.808. The van der Waals surface area contributed by atoms with Gasteiger partial charge in [0.15, 0.2) is 0 Å². The van der Waals surface area contributed by atoms with E-state index in [1.54, 1.807) is 0 Å². The van der Waals surface area contributed by atoms with Gasteiger partial charge in [-0.3, -0.25) is 4.79 Å². The molecule has 1 heterocycles. The molecule has 0 aliphatic heterocycles. The molecule has 3 nitrogen and oxygen atoms in total. The molecule has 0 saturated carbocycles. The minimum absolute atomic E-state index is 0.0393. The molecular formula is C12H8F3NO2S. The number of carbonyl (C=O) groups excluding carboxylic acids is 1. The number of hydrogen-bond donors (Lipinski definition) is 0. The van der Waals surface area contributed by atoms with Crippen LogP contribution >= 0.6 is 11.3 Å². The van der Waals surface area contributed by atoms with E-state index < -0.39 is 11.7 Å². The largest absolute Gasteiger partial charge is 0.460 e. The molecule has 0 amide bonds. The van der Waals surface area contributed by atoms with Crippen molar-refractivity contribution in [1.29, 1.82) is 0 Å². The molecule has 0 fully saturated rings. The average Bonchev–Trinajstić information content (AvgIpc) is 2.84. The Balaban J connectivity index is 2.36. The van der Waals surface area contributed by atoms with E-state index >= 15 is 0 Å². The number of aromatic nitrogens is 1. The molecule has 100 valence electrons. The molecule has 0 aliphatic rings. The summed E-state index contributed by atoms with van der Waals surface area (Å²) in [5, 5.41) is 0.444. The van der Waals surface area contributed by atoms with Gasteiger partial charge in [-0.1, -0.05) is 18.2 Å². The van der Waals surface area contributed by atoms with E-state index in [9.17, 15) is 18.0 Å². The monoisotopic (exact) mass is 287 g/mol. The first-order valence-corrected chi connectivity index (χ1v) is 6.00. The van der Waals surface area contributed by atoms with E-state index in [0.29, 0.717) is 9.88 Å². The molecule has 1 aromatic carbocycles. The predicted octanol–water partition coefficient (Wildman–Crippen LogP) is 3.50. The fraction of sp³-hybridized carbons (Fsp3) is 0.167. The second-order valence-corrected chi connectivity index (χ2v) is 4.68. The molecule has 7 heteroatoms. The van der Waals surface area contributed by atoms with Gasteiger partial charge < -0.3 is 4.74 Å². The Morgan fingerprint density at radius 1 is 1.32 bits per heavy atom. The Morgan fingerprint density at radius 3 is 2.74 bits per heavy atom. The van der Waals surface area contributed by atoms with Crippen LogP contribution in [-0.2, 0) is 22.3 Å². The Kier molecular flexibility index (Phi) is 3.84. The zero-order valence-electron chi connectivity index (χ0n) is 9.48. The third kappa shape index (κ3) is 3.11. The first-order chi connectivity index (χ1) is 9.02. The standard InChI is InChI=1S/C12H8F3NO2S/c13-12(14,15)9-4-2-1-3-8(9)10-5-16-11(19-10)6-18-7-17/h1-5,7H,6H2. The first kappa shape index (κ1) is 13.5. The summed E-state index contributed by atoms with van der Waals surface area (Å²) in [5.74, 6) is 0. The van der Waals surface area contributed by atoms with Gasteiger partial charge in [0.2, 0.25) is 0 Å². The van der Waals surface area contributed by atoms with Crippen LogP contribution in [0, 0.1) is 0 Å². The third-order valence-electron chi connectivity index (χ3n) is 2.33. The number of rotatable bonds is 4. The molecule has 0 radical (unpaired) electrons. The second kappa shape index (κ2) is 5.40. The Morgan fingerprint density at radius 2 is 2.05 bits per heavy atom. The lowest BCUT2D eigenvalue weighted by atomic mass is 10.1. The molecule has 0 atom stereocenters. The molecular weight excluding hydrogens is 279 g/mol. The summed E-state index contributed by atoms with van der Waals surface area (Å²) in [7, 11) is 0. The van der Waals surface area contributed by atoms with Crippen molar-refractivity contribution in [2.45, 2.75) is 12.8 Å². The summed E-state index contributed by atoms with van der Waals surface area (Å²) in [4.78, 5) is 14.4. The van der Waals surface area contributed by atoms with Gasteiger partial charge in [0.25, 0.3) is 6.47 Å². The maximum atomic E-state index is 12.9. The lowest BCUT2D eigenvalue weighted by Crippen LogP contribution is -2.06. The van der Waals surface area contributed by atoms with Crippen molar-refractivity contribution in [2.75, 3.05) is 0 Å². The SMILES string of the molecule is O=COCc1ncc(-c2ccccc2C(F)(F)F)s1. The zero-order chi connectivity index (χ0) is 13.9. The zero-order valence-corrected chi connectivity index (χ0v) is 10.3. The summed E-state index contributed by atoms with van der Waals surface area (Å²) in [6, 6.07) is 5.28. The van der Waals surface area contributed by atoms with Gasteiger partial charge in [-0.25, -0.2) is 4.98 Å². The number of benzene rings is 1. The van der Waals surface area contributed by atoms with Crippen LogP contribution < -0.4 is 0 Å². The summed E-state index contributed by atoms with van der Waals surface area (Å²) in [5.41, 5.74) is -0.633. The highest BCUT2D eigenvalue weighted by Gasteiger charge is 2.33. The highest BCUT2D eigenvalue weighted by Crippen LogP contribution is 2.38. The maximum Gasteiger partial charge on any atom is 0.417 e. The number of ether oxygens (including phenoxy) is 1. The van der Waals surface area contributed by atoms with E-state index in [1.807, 2.05) is 0 Å². The number of halogens is 3. The van der Waals surface area contributed by atoms with Crippen molar-refractivity contribution in [3.8, 4) is 10.4 Å². The minimum atomic E-state index is -4.42. The van der Waals surface area contributed by atoms with Crippen molar-refractivity contribution in [2.24, 2.45) is 0 Å². The van der Waals surface area contributed by atoms with Crippen molar-refractivity contribution in [3.63, 3.8) is 0 Å². The number of carbonyl (C=O) groups is 1. The molecule has 2 aromatic rings. The number of thiazole rings is 1. The smallest absolute Gasteiger partial charge is 0.417 e. The topological polar surface area (TPSA) is 39.2 Å². The molecule has 0 saturated heterocycles. The third-order valence-corrected chi connectivity index (χ3v) is 3.33. The van der Waals surface area contributed by atoms with Gasteiger partial charge >= 0.3 is 6.18 Å². The van der Waals surface area contributed by atoms with Gasteiger partial charge in [0.1, 0.15) is 11.6 Å². The maximum absolute atomic E-state index is 12.9. The van der Waals surface area contributed by atoms with E-state index in [-0.39, 0.29) is 18.6 Å². The molecule has 2 rings (SSSR count). The molecule has 0 bridgehead atoms. The highest BCUT2D eigenvalue weighted by molar-refractivity contribution is 7.15. The van der Waals surface area contributed by atoms with Crippen LogP contribution in [0.25, 0.3) is 10.4 Å². The van der Waals surface area contributed by atoms with Crippen LogP contribution in [0.1, 0.15) is 10.6 Å². The van der Waals surface area contributed by atoms with E-state index in [0.717, 1.165) is 17.4 Å². The Labute approximate surface area is 110 Å². The van der Waals surface area contributed by atoms with Crippen LogP contribution in [0.4, 0.5) is 13.2 Å². The van der Waals surface area contributed by atoms with Gasteiger partial charge in [-0.15, -0.1) is 11.3 Å².